The summed E-state index contributed by atoms with van der Waals surface area (Å²) in [6, 6.07) is 25.7. The zero-order valence-electron chi connectivity index (χ0n) is 36.6. The summed E-state index contributed by atoms with van der Waals surface area (Å²) in [6.45, 7) is 27.7. The van der Waals surface area contributed by atoms with Gasteiger partial charge in [-0.1, -0.05) is 125 Å². The lowest BCUT2D eigenvalue weighted by Gasteiger charge is -2.19. The molecule has 0 unspecified atom stereocenters. The number of primary amides is 1. The summed E-state index contributed by atoms with van der Waals surface area (Å²) < 4.78 is 18.4. The molecule has 0 saturated heterocycles. The van der Waals surface area contributed by atoms with Crippen molar-refractivity contribution in [2.45, 2.75) is 127 Å². The number of esters is 1. The fourth-order valence-electron chi connectivity index (χ4n) is 5.72. The molecule has 57 heavy (non-hydrogen) atoms. The van der Waals surface area contributed by atoms with Crippen LogP contribution in [-0.2, 0) is 19.1 Å². The van der Waals surface area contributed by atoms with Crippen molar-refractivity contribution in [1.82, 2.24) is 0 Å². The Morgan fingerprint density at radius 2 is 1.39 bits per heavy atom. The maximum Gasteiger partial charge on any atom is 0.303 e. The van der Waals surface area contributed by atoms with Crippen molar-refractivity contribution in [1.29, 1.82) is 0 Å². The van der Waals surface area contributed by atoms with Crippen molar-refractivity contribution >= 4 is 29.7 Å². The quantitative estimate of drug-likeness (QED) is 0.137. The molecule has 1 amide bonds. The zero-order chi connectivity index (χ0) is 43.7. The second kappa shape index (κ2) is 27.4. The Bertz CT molecular complexity index is 1840. The first-order valence-electron chi connectivity index (χ1n) is 19.7. The Kier molecular flexibility index (Phi) is 24.9. The molecule has 4 aromatic rings. The number of carboxylic acids is 1. The second-order valence-corrected chi connectivity index (χ2v) is 15.3. The summed E-state index contributed by atoms with van der Waals surface area (Å²) in [6.07, 6.45) is 7.91. The van der Waals surface area contributed by atoms with Crippen LogP contribution in [0, 0.1) is 53.3 Å². The third kappa shape index (κ3) is 22.8. The lowest BCUT2D eigenvalue weighted by molar-refractivity contribution is -0.152. The number of rotatable bonds is 5. The Balaban J connectivity index is 0.000000800. The van der Waals surface area contributed by atoms with Gasteiger partial charge in [0.15, 0.2) is 0 Å². The number of anilines is 1. The van der Waals surface area contributed by atoms with Crippen LogP contribution >= 0.6 is 0 Å². The van der Waals surface area contributed by atoms with Gasteiger partial charge in [-0.15, -0.1) is 0 Å². The largest absolute Gasteiger partial charge is 0.481 e. The highest BCUT2D eigenvalue weighted by Gasteiger charge is 2.14. The maximum atomic E-state index is 13.6. The summed E-state index contributed by atoms with van der Waals surface area (Å²) in [7, 11) is 0. The number of ether oxygens (including phenoxy) is 1. The first-order valence-corrected chi connectivity index (χ1v) is 19.7. The summed E-state index contributed by atoms with van der Waals surface area (Å²) in [5.41, 5.74) is 16.2. The highest BCUT2D eigenvalue weighted by Crippen LogP contribution is 2.34. The number of halogens is 1. The summed E-state index contributed by atoms with van der Waals surface area (Å²) >= 11 is 0. The van der Waals surface area contributed by atoms with Crippen LogP contribution < -0.4 is 11.1 Å². The predicted molar refractivity (Wildman–Crippen MR) is 238 cm³/mol. The van der Waals surface area contributed by atoms with E-state index in [0.717, 1.165) is 34.0 Å². The molecule has 0 bridgehead atoms. The van der Waals surface area contributed by atoms with Gasteiger partial charge in [-0.2, -0.15) is 0 Å². The second-order valence-electron chi connectivity index (χ2n) is 15.3. The van der Waals surface area contributed by atoms with E-state index in [1.54, 1.807) is 13.0 Å². The summed E-state index contributed by atoms with van der Waals surface area (Å²) in [4.78, 5) is 28.2. The van der Waals surface area contributed by atoms with Gasteiger partial charge >= 0.3 is 11.9 Å². The fraction of sp³-hybridized carbons (Fsp3) is 0.408. The number of benzene rings is 4. The topological polar surface area (TPSA) is 119 Å². The van der Waals surface area contributed by atoms with Crippen LogP contribution in [0.3, 0.4) is 0 Å². The predicted octanol–water partition coefficient (Wildman–Crippen LogP) is 12.6. The molecule has 8 heteroatoms. The molecule has 0 atom stereocenters. The van der Waals surface area contributed by atoms with Crippen LogP contribution in [0.4, 0.5) is 10.1 Å². The van der Waals surface area contributed by atoms with E-state index in [-0.39, 0.29) is 30.2 Å². The molecule has 0 spiro atoms. The molecule has 5 rings (SSSR count). The molecule has 0 aliphatic heterocycles. The number of hydrogen-bond acceptors (Lipinski definition) is 5. The van der Waals surface area contributed by atoms with Gasteiger partial charge in [-0.25, -0.2) is 4.39 Å². The molecule has 312 valence electrons. The molecule has 0 heterocycles. The van der Waals surface area contributed by atoms with E-state index in [9.17, 15) is 14.0 Å². The van der Waals surface area contributed by atoms with E-state index < -0.39 is 5.97 Å². The van der Waals surface area contributed by atoms with Gasteiger partial charge in [0.2, 0.25) is 6.41 Å². The zero-order valence-corrected chi connectivity index (χ0v) is 36.6. The summed E-state index contributed by atoms with van der Waals surface area (Å²) in [5, 5.41) is 11.0. The highest BCUT2D eigenvalue weighted by molar-refractivity contribution is 5.88. The van der Waals surface area contributed by atoms with E-state index >= 15 is 0 Å². The van der Waals surface area contributed by atoms with Crippen molar-refractivity contribution in [3.05, 3.63) is 130 Å². The molecular formula is C49H69FN2O5. The van der Waals surface area contributed by atoms with E-state index in [1.165, 1.54) is 84.5 Å². The van der Waals surface area contributed by atoms with Crippen molar-refractivity contribution in [3.63, 3.8) is 0 Å². The Labute approximate surface area is 343 Å². The lowest BCUT2D eigenvalue weighted by atomic mass is 9.91. The van der Waals surface area contributed by atoms with Crippen LogP contribution in [0.15, 0.2) is 85.4 Å². The number of carbonyl (C=O) groups excluding carboxylic acids is 2. The van der Waals surface area contributed by atoms with Gasteiger partial charge in [0.05, 0.1) is 0 Å². The SMILES string of the molecule is C=C(Nc1cc(F)ccc1C)c1cccc(C)c1-c1ccccc1C.CC(=O)OC(C)(C)C.CC1CCCCC1.CCC(=O)O.Cc1ccc(C)c(C)c1.NC=O. The molecule has 1 saturated carbocycles. The monoisotopic (exact) mass is 785 g/mol. The van der Waals surface area contributed by atoms with Gasteiger partial charge in [-0.05, 0) is 119 Å². The standard InChI is InChI=1S/C23H22FN.C9H12.C7H14.C6H12O2.C3H6O2.CH3NO/c1-15-8-5-6-10-20(15)23-17(3)9-7-11-21(23)18(4)25-22-14-19(24)13-12-16(22)2;1-7-4-5-8(2)9(3)6-7;1-7-5-3-2-4-6-7;1-5(7)8-6(2,3)4;1-2-3(4)5;2-1-3/h5-14,25H,4H2,1-3H3;4-6H,1-3H3;7H,2-6H2,1H3;1-4H3;2H2,1H3,(H,4,5);1H,(H2,2,3). The van der Waals surface area contributed by atoms with Crippen LogP contribution in [0.1, 0.15) is 119 Å². The minimum absolute atomic E-state index is 0.222. The molecule has 1 aliphatic rings. The van der Waals surface area contributed by atoms with Gasteiger partial charge in [0.1, 0.15) is 11.4 Å². The van der Waals surface area contributed by atoms with E-state index in [2.05, 4.69) is 102 Å². The average molecular weight is 785 g/mol. The number of aryl methyl sites for hydroxylation is 6. The summed E-state index contributed by atoms with van der Waals surface area (Å²) in [5.74, 6) is -0.194. The number of amides is 1. The van der Waals surface area contributed by atoms with Crippen LogP contribution in [0.5, 0.6) is 0 Å². The molecule has 4 N–H and O–H groups in total. The smallest absolute Gasteiger partial charge is 0.303 e. The van der Waals surface area contributed by atoms with Crippen molar-refractivity contribution in [3.8, 4) is 11.1 Å². The third-order valence-corrected chi connectivity index (χ3v) is 8.81. The van der Waals surface area contributed by atoms with E-state index in [4.69, 9.17) is 14.6 Å². The van der Waals surface area contributed by atoms with Crippen LogP contribution in [-0.4, -0.2) is 29.1 Å². The van der Waals surface area contributed by atoms with Crippen LogP contribution in [0.25, 0.3) is 16.8 Å². The average Bonchev–Trinajstić information content (AvgIpc) is 3.12. The molecule has 0 aromatic heterocycles. The normalized spacial score (nSPS) is 11.7. The number of carboxylic acid groups (broad SMARTS) is 1. The van der Waals surface area contributed by atoms with E-state index in [0.29, 0.717) is 0 Å². The first-order chi connectivity index (χ1) is 26.7. The lowest BCUT2D eigenvalue weighted by Crippen LogP contribution is -2.21. The molecular weight excluding hydrogens is 716 g/mol. The van der Waals surface area contributed by atoms with Crippen molar-refractivity contribution < 1.29 is 28.6 Å². The number of nitrogens with two attached hydrogens (primary N) is 1. The van der Waals surface area contributed by atoms with Crippen molar-refractivity contribution in [2.75, 3.05) is 5.32 Å². The fourth-order valence-corrected chi connectivity index (χ4v) is 5.72. The van der Waals surface area contributed by atoms with Gasteiger partial charge in [0, 0.05) is 30.3 Å². The number of nitrogens with one attached hydrogen (secondary N) is 1. The Morgan fingerprint density at radius 3 is 1.82 bits per heavy atom. The minimum atomic E-state index is -0.745. The van der Waals surface area contributed by atoms with Crippen LogP contribution in [0.2, 0.25) is 0 Å². The Hall–Kier alpha value is -5.24. The molecule has 0 radical (unpaired) electrons. The maximum absolute atomic E-state index is 13.6. The van der Waals surface area contributed by atoms with Crippen molar-refractivity contribution in [2.24, 2.45) is 11.7 Å². The minimum Gasteiger partial charge on any atom is -0.481 e. The first kappa shape index (κ1) is 51.8. The van der Waals surface area contributed by atoms with Gasteiger partial charge in [0.25, 0.3) is 0 Å². The number of hydrogen-bond donors (Lipinski definition) is 3. The molecule has 7 nitrogen and oxygen atoms in total. The third-order valence-electron chi connectivity index (χ3n) is 8.81. The molecule has 4 aromatic carbocycles. The van der Waals surface area contributed by atoms with Gasteiger partial charge in [-0.3, -0.25) is 14.4 Å². The number of carbonyl (C=O) groups is 3. The molecule has 1 aliphatic carbocycles. The number of aliphatic carboxylic acids is 1. The van der Waals surface area contributed by atoms with E-state index in [1.807, 2.05) is 45.9 Å². The Morgan fingerprint density at radius 1 is 0.842 bits per heavy atom. The van der Waals surface area contributed by atoms with Gasteiger partial charge < -0.3 is 20.9 Å². The molecule has 1 fully saturated rings. The highest BCUT2D eigenvalue weighted by atomic mass is 19.1.